The summed E-state index contributed by atoms with van der Waals surface area (Å²) in [6, 6.07) is 12.2. The Morgan fingerprint density at radius 2 is 2.03 bits per heavy atom. The average molecular weight is 433 g/mol. The van der Waals surface area contributed by atoms with Gasteiger partial charge in [0, 0.05) is 65.7 Å². The van der Waals surface area contributed by atoms with Gasteiger partial charge in [0.15, 0.2) is 0 Å². The van der Waals surface area contributed by atoms with Crippen LogP contribution >= 0.6 is 12.6 Å². The van der Waals surface area contributed by atoms with Crippen LogP contribution in [0.15, 0.2) is 59.9 Å². The molecule has 8 heteroatoms. The fourth-order valence-electron chi connectivity index (χ4n) is 3.81. The minimum absolute atomic E-state index is 0.686. The molecule has 158 valence electrons. The number of rotatable bonds is 6. The number of aromatic nitrogens is 4. The largest absolute Gasteiger partial charge is 0.378 e. The van der Waals surface area contributed by atoms with Crippen molar-refractivity contribution in [3.63, 3.8) is 0 Å². The van der Waals surface area contributed by atoms with E-state index in [1.807, 2.05) is 30.6 Å². The van der Waals surface area contributed by atoms with Gasteiger partial charge in [-0.2, -0.15) is 4.98 Å². The lowest BCUT2D eigenvalue weighted by atomic mass is 10.1. The number of anilines is 2. The van der Waals surface area contributed by atoms with E-state index in [0.29, 0.717) is 13.2 Å². The number of nitrogens with one attached hydrogen (secondary N) is 2. The van der Waals surface area contributed by atoms with Gasteiger partial charge in [0.2, 0.25) is 5.95 Å². The van der Waals surface area contributed by atoms with Crippen LogP contribution in [0.1, 0.15) is 5.56 Å². The lowest BCUT2D eigenvalue weighted by molar-refractivity contribution is 0.122. The van der Waals surface area contributed by atoms with Gasteiger partial charge < -0.3 is 19.9 Å². The van der Waals surface area contributed by atoms with Gasteiger partial charge in [0.05, 0.1) is 18.9 Å². The van der Waals surface area contributed by atoms with Crippen molar-refractivity contribution in [3.8, 4) is 11.3 Å². The third-order valence-corrected chi connectivity index (χ3v) is 5.64. The summed E-state index contributed by atoms with van der Waals surface area (Å²) in [5.74, 6) is 1.53. The van der Waals surface area contributed by atoms with E-state index in [1.54, 1.807) is 6.20 Å². The topological polar surface area (TPSA) is 79.0 Å². The van der Waals surface area contributed by atoms with Gasteiger partial charge in [-0.3, -0.25) is 4.98 Å². The zero-order valence-corrected chi connectivity index (χ0v) is 18.0. The van der Waals surface area contributed by atoms with Crippen molar-refractivity contribution in [2.45, 2.75) is 11.3 Å². The number of hydrogen-bond donors (Lipinski definition) is 3. The number of thiol groups is 1. The van der Waals surface area contributed by atoms with Crippen LogP contribution in [0.3, 0.4) is 0 Å². The summed E-state index contributed by atoms with van der Waals surface area (Å²) in [6.07, 6.45) is 6.50. The first-order chi connectivity index (χ1) is 15.3. The van der Waals surface area contributed by atoms with E-state index in [2.05, 4.69) is 51.0 Å². The third kappa shape index (κ3) is 4.50. The van der Waals surface area contributed by atoms with Crippen LogP contribution in [0.4, 0.5) is 11.8 Å². The Balaban J connectivity index is 1.49. The van der Waals surface area contributed by atoms with Crippen molar-refractivity contribution >= 4 is 35.3 Å². The zero-order valence-electron chi connectivity index (χ0n) is 17.1. The fourth-order valence-corrected chi connectivity index (χ4v) is 4.07. The maximum absolute atomic E-state index is 5.51. The molecular weight excluding hydrogens is 408 g/mol. The molecule has 2 N–H and O–H groups in total. The molecule has 4 heterocycles. The number of H-pyrrole nitrogens is 1. The Labute approximate surface area is 186 Å². The lowest BCUT2D eigenvalue weighted by Crippen LogP contribution is -2.37. The number of pyridine rings is 1. The number of ether oxygens (including phenoxy) is 1. The van der Waals surface area contributed by atoms with Gasteiger partial charge in [-0.05, 0) is 36.2 Å². The molecule has 0 spiro atoms. The van der Waals surface area contributed by atoms with E-state index in [-0.39, 0.29) is 0 Å². The molecule has 0 unspecified atom stereocenters. The highest BCUT2D eigenvalue weighted by Gasteiger charge is 2.17. The van der Waals surface area contributed by atoms with Crippen LogP contribution in [0.2, 0.25) is 0 Å². The maximum atomic E-state index is 5.51. The molecule has 1 fully saturated rings. The van der Waals surface area contributed by atoms with Gasteiger partial charge in [-0.25, -0.2) is 4.98 Å². The highest BCUT2D eigenvalue weighted by atomic mass is 32.1. The minimum atomic E-state index is 0.686. The number of hydrogen-bond acceptors (Lipinski definition) is 7. The van der Waals surface area contributed by atoms with Gasteiger partial charge >= 0.3 is 0 Å². The number of fused-ring (bicyclic) bond motifs is 1. The molecular formula is C23H24N6OS. The number of nitrogens with zero attached hydrogens (tertiary/aromatic N) is 4. The fraction of sp³-hybridized carbons (Fsp3) is 0.261. The van der Waals surface area contributed by atoms with Crippen LogP contribution in [-0.4, -0.2) is 52.8 Å². The number of morpholine rings is 1. The predicted octanol–water partition coefficient (Wildman–Crippen LogP) is 3.80. The smallest absolute Gasteiger partial charge is 0.228 e. The second kappa shape index (κ2) is 8.95. The summed E-state index contributed by atoms with van der Waals surface area (Å²) in [4.78, 5) is 20.3. The van der Waals surface area contributed by atoms with Crippen molar-refractivity contribution < 1.29 is 4.74 Å². The van der Waals surface area contributed by atoms with E-state index in [0.717, 1.165) is 64.9 Å². The number of benzene rings is 1. The summed E-state index contributed by atoms with van der Waals surface area (Å²) >= 11 is 4.59. The second-order valence-corrected chi connectivity index (χ2v) is 8.02. The first-order valence-electron chi connectivity index (χ1n) is 10.4. The van der Waals surface area contributed by atoms with E-state index in [9.17, 15) is 0 Å². The summed E-state index contributed by atoms with van der Waals surface area (Å²) < 4.78 is 5.51. The molecule has 3 aromatic heterocycles. The molecule has 7 nitrogen and oxygen atoms in total. The third-order valence-electron chi connectivity index (χ3n) is 5.38. The molecule has 0 saturated carbocycles. The van der Waals surface area contributed by atoms with Crippen LogP contribution in [0.25, 0.3) is 22.2 Å². The van der Waals surface area contributed by atoms with E-state index >= 15 is 0 Å². The van der Waals surface area contributed by atoms with Gasteiger partial charge in [-0.15, -0.1) is 12.6 Å². The molecule has 0 radical (unpaired) electrons. The highest BCUT2D eigenvalue weighted by Crippen LogP contribution is 2.32. The first-order valence-corrected chi connectivity index (χ1v) is 10.9. The summed E-state index contributed by atoms with van der Waals surface area (Å²) in [6.45, 7) is 3.70. The normalized spacial score (nSPS) is 14.2. The summed E-state index contributed by atoms with van der Waals surface area (Å²) in [5.41, 5.74) is 4.14. The van der Waals surface area contributed by atoms with E-state index < -0.39 is 0 Å². The summed E-state index contributed by atoms with van der Waals surface area (Å²) in [5, 5.41) is 4.59. The molecule has 31 heavy (non-hydrogen) atoms. The van der Waals surface area contributed by atoms with Crippen LogP contribution in [-0.2, 0) is 11.2 Å². The molecule has 0 amide bonds. The molecule has 5 rings (SSSR count). The van der Waals surface area contributed by atoms with Gasteiger partial charge in [0.1, 0.15) is 5.82 Å². The Morgan fingerprint density at radius 3 is 2.87 bits per heavy atom. The van der Waals surface area contributed by atoms with Crippen LogP contribution < -0.4 is 10.2 Å². The monoisotopic (exact) mass is 432 g/mol. The molecule has 1 aromatic carbocycles. The Morgan fingerprint density at radius 1 is 1.13 bits per heavy atom. The van der Waals surface area contributed by atoms with Crippen molar-refractivity contribution in [3.05, 3.63) is 60.6 Å². The Kier molecular flexibility index (Phi) is 5.73. The SMILES string of the molecule is Sc1cc(-c2cc(NCCc3cccnc3)nc(N3CCOCC3)n2)c2cc[nH]c2c1. The van der Waals surface area contributed by atoms with Crippen molar-refractivity contribution in [2.24, 2.45) is 0 Å². The van der Waals surface area contributed by atoms with Gasteiger partial charge in [-0.1, -0.05) is 6.07 Å². The van der Waals surface area contributed by atoms with Crippen LogP contribution in [0, 0.1) is 0 Å². The maximum Gasteiger partial charge on any atom is 0.228 e. The minimum Gasteiger partial charge on any atom is -0.378 e. The van der Waals surface area contributed by atoms with E-state index in [4.69, 9.17) is 14.7 Å². The molecule has 0 atom stereocenters. The van der Waals surface area contributed by atoms with Gasteiger partial charge in [0.25, 0.3) is 0 Å². The molecule has 0 bridgehead atoms. The zero-order chi connectivity index (χ0) is 21.0. The number of aromatic amines is 1. The first kappa shape index (κ1) is 19.8. The lowest BCUT2D eigenvalue weighted by Gasteiger charge is -2.27. The quantitative estimate of drug-likeness (QED) is 0.402. The summed E-state index contributed by atoms with van der Waals surface area (Å²) in [7, 11) is 0. The Hall–Kier alpha value is -3.10. The molecule has 1 aliphatic heterocycles. The average Bonchev–Trinajstić information content (AvgIpc) is 3.28. The Bertz CT molecular complexity index is 1170. The molecule has 4 aromatic rings. The van der Waals surface area contributed by atoms with Crippen LogP contribution in [0.5, 0.6) is 0 Å². The van der Waals surface area contributed by atoms with Crippen molar-refractivity contribution in [1.82, 2.24) is 19.9 Å². The van der Waals surface area contributed by atoms with Crippen molar-refractivity contribution in [1.29, 1.82) is 0 Å². The van der Waals surface area contributed by atoms with E-state index in [1.165, 1.54) is 5.56 Å². The molecule has 1 aliphatic rings. The molecule has 1 saturated heterocycles. The highest BCUT2D eigenvalue weighted by molar-refractivity contribution is 7.80. The molecule has 0 aliphatic carbocycles. The standard InChI is InChI=1S/C23H24N6OS/c31-17-12-19(18-4-7-25-20(18)13-17)21-14-22(26-6-3-16-2-1-5-24-15-16)28-23(27-21)29-8-10-30-11-9-29/h1-2,4-5,7,12-15,25,31H,3,6,8-11H2,(H,26,27,28). The second-order valence-electron chi connectivity index (χ2n) is 7.51. The predicted molar refractivity (Wildman–Crippen MR) is 126 cm³/mol. The van der Waals surface area contributed by atoms with Crippen molar-refractivity contribution in [2.75, 3.05) is 43.1 Å².